The fourth-order valence-corrected chi connectivity index (χ4v) is 3.86. The average molecular weight is 347 g/mol. The van der Waals surface area contributed by atoms with Crippen molar-refractivity contribution in [2.24, 2.45) is 0 Å². The van der Waals surface area contributed by atoms with E-state index >= 15 is 0 Å². The minimum atomic E-state index is -2.88. The molecule has 0 aliphatic carbocycles. The number of likely N-dealkylation sites (tertiary alicyclic amines) is 1. The van der Waals surface area contributed by atoms with E-state index in [9.17, 15) is 8.42 Å². The molecule has 1 aliphatic heterocycles. The van der Waals surface area contributed by atoms with E-state index in [0.717, 1.165) is 42.5 Å². The highest BCUT2D eigenvalue weighted by Crippen LogP contribution is 2.26. The van der Waals surface area contributed by atoms with Crippen molar-refractivity contribution in [3.8, 4) is 0 Å². The molecule has 1 fully saturated rings. The minimum Gasteiger partial charge on any atom is -0.382 e. The molecule has 0 spiro atoms. The van der Waals surface area contributed by atoms with Crippen LogP contribution in [0.5, 0.6) is 0 Å². The van der Waals surface area contributed by atoms with E-state index in [2.05, 4.69) is 40.3 Å². The van der Waals surface area contributed by atoms with Crippen LogP contribution in [-0.2, 0) is 9.84 Å². The number of fused-ring (bicyclic) bond motifs is 1. The number of aromatic nitrogens is 1. The molecule has 2 heterocycles. The number of sulfone groups is 1. The highest BCUT2D eigenvalue weighted by atomic mass is 32.2. The van der Waals surface area contributed by atoms with E-state index < -0.39 is 9.84 Å². The molecule has 0 amide bonds. The molecule has 1 saturated heterocycles. The van der Waals surface area contributed by atoms with Crippen molar-refractivity contribution in [3.05, 3.63) is 36.0 Å². The molecule has 0 bridgehead atoms. The maximum absolute atomic E-state index is 11.3. The quantitative estimate of drug-likeness (QED) is 0.900. The zero-order valence-electron chi connectivity index (χ0n) is 14.3. The van der Waals surface area contributed by atoms with Gasteiger partial charge in [-0.1, -0.05) is 18.2 Å². The first-order valence-corrected chi connectivity index (χ1v) is 10.5. The zero-order valence-corrected chi connectivity index (χ0v) is 15.1. The van der Waals surface area contributed by atoms with Crippen LogP contribution < -0.4 is 5.32 Å². The maximum atomic E-state index is 11.3. The lowest BCUT2D eigenvalue weighted by atomic mass is 10.0. The van der Waals surface area contributed by atoms with E-state index in [1.165, 1.54) is 11.8 Å². The average Bonchev–Trinajstić information content (AvgIpc) is 2.54. The van der Waals surface area contributed by atoms with E-state index in [0.29, 0.717) is 12.6 Å². The summed E-state index contributed by atoms with van der Waals surface area (Å²) in [6.07, 6.45) is 5.22. The molecule has 130 valence electrons. The summed E-state index contributed by atoms with van der Waals surface area (Å²) in [4.78, 5) is 6.73. The van der Waals surface area contributed by atoms with Crippen LogP contribution in [0.2, 0.25) is 0 Å². The summed E-state index contributed by atoms with van der Waals surface area (Å²) in [6, 6.07) is 8.72. The molecule has 2 aromatic rings. The Morgan fingerprint density at radius 1 is 1.25 bits per heavy atom. The van der Waals surface area contributed by atoms with Gasteiger partial charge in [0.15, 0.2) is 0 Å². The topological polar surface area (TPSA) is 62.3 Å². The Balaban J connectivity index is 1.62. The lowest BCUT2D eigenvalue weighted by molar-refractivity contribution is 0.230. The van der Waals surface area contributed by atoms with Gasteiger partial charge in [-0.2, -0.15) is 0 Å². The van der Waals surface area contributed by atoms with Crippen LogP contribution in [-0.4, -0.2) is 56.0 Å². The predicted octanol–water partition coefficient (Wildman–Crippen LogP) is 2.46. The number of benzene rings is 1. The van der Waals surface area contributed by atoms with Crippen LogP contribution in [0, 0.1) is 6.92 Å². The molecule has 1 aromatic carbocycles. The number of pyridine rings is 1. The molecular weight excluding hydrogens is 322 g/mol. The Morgan fingerprint density at radius 2 is 2.00 bits per heavy atom. The summed E-state index contributed by atoms with van der Waals surface area (Å²) in [5, 5.41) is 4.82. The zero-order chi connectivity index (χ0) is 17.2. The minimum absolute atomic E-state index is 0.249. The second-order valence-corrected chi connectivity index (χ2v) is 8.98. The van der Waals surface area contributed by atoms with Gasteiger partial charge < -0.3 is 10.2 Å². The maximum Gasteiger partial charge on any atom is 0.148 e. The van der Waals surface area contributed by atoms with Gasteiger partial charge in [-0.25, -0.2) is 8.42 Å². The van der Waals surface area contributed by atoms with Gasteiger partial charge >= 0.3 is 0 Å². The second kappa shape index (κ2) is 7.07. The molecule has 0 unspecified atom stereocenters. The number of nitrogens with one attached hydrogen (secondary N) is 1. The smallest absolute Gasteiger partial charge is 0.148 e. The van der Waals surface area contributed by atoms with Gasteiger partial charge in [0.05, 0.1) is 11.3 Å². The van der Waals surface area contributed by atoms with Crippen molar-refractivity contribution in [1.82, 2.24) is 9.88 Å². The molecule has 1 aliphatic rings. The molecule has 0 radical (unpaired) electrons. The van der Waals surface area contributed by atoms with E-state index in [-0.39, 0.29) is 5.75 Å². The normalized spacial score (nSPS) is 17.2. The molecule has 0 atom stereocenters. The summed E-state index contributed by atoms with van der Waals surface area (Å²) in [6.45, 7) is 4.60. The number of hydrogen-bond acceptors (Lipinski definition) is 5. The highest BCUT2D eigenvalue weighted by Gasteiger charge is 2.20. The third-order valence-electron chi connectivity index (χ3n) is 4.70. The van der Waals surface area contributed by atoms with Gasteiger partial charge in [0.2, 0.25) is 0 Å². The summed E-state index contributed by atoms with van der Waals surface area (Å²) in [7, 11) is -2.88. The molecule has 1 N–H and O–H groups in total. The van der Waals surface area contributed by atoms with Gasteiger partial charge in [0.1, 0.15) is 9.84 Å². The Bertz CT molecular complexity index is 812. The number of nitrogens with zero attached hydrogens (tertiary/aromatic N) is 2. The Hall–Kier alpha value is -1.66. The Labute approximate surface area is 144 Å². The van der Waals surface area contributed by atoms with Crippen LogP contribution in [0.4, 0.5) is 5.69 Å². The second-order valence-electron chi connectivity index (χ2n) is 6.72. The molecule has 5 nitrogen and oxygen atoms in total. The number of piperidine rings is 1. The summed E-state index contributed by atoms with van der Waals surface area (Å²) in [5.74, 6) is 0.249. The molecule has 3 rings (SSSR count). The molecule has 24 heavy (non-hydrogen) atoms. The summed E-state index contributed by atoms with van der Waals surface area (Å²) in [5.41, 5.74) is 3.37. The number of aryl methyl sites for hydroxylation is 1. The number of para-hydroxylation sites is 1. The Kier molecular flexibility index (Phi) is 5.06. The van der Waals surface area contributed by atoms with Crippen molar-refractivity contribution < 1.29 is 8.42 Å². The van der Waals surface area contributed by atoms with E-state index in [4.69, 9.17) is 0 Å². The van der Waals surface area contributed by atoms with Gasteiger partial charge in [-0.3, -0.25) is 4.98 Å². The standard InChI is InChI=1S/C18H25N3O2S/c1-14-4-3-5-16-17(6-9-19-18(14)16)20-15-7-10-21(11-8-15)12-13-24(2,22)23/h3-6,9,15H,7-8,10-13H2,1-2H3,(H,19,20). The third-order valence-corrected chi connectivity index (χ3v) is 5.62. The van der Waals surface area contributed by atoms with Crippen LogP contribution in [0.1, 0.15) is 18.4 Å². The largest absolute Gasteiger partial charge is 0.382 e. The number of hydrogen-bond donors (Lipinski definition) is 1. The molecule has 6 heteroatoms. The van der Waals surface area contributed by atoms with Gasteiger partial charge in [0.25, 0.3) is 0 Å². The Morgan fingerprint density at radius 3 is 2.71 bits per heavy atom. The van der Waals surface area contributed by atoms with E-state index in [1.54, 1.807) is 0 Å². The first-order valence-electron chi connectivity index (χ1n) is 8.43. The van der Waals surface area contributed by atoms with Gasteiger partial charge in [0, 0.05) is 49.2 Å². The van der Waals surface area contributed by atoms with Gasteiger partial charge in [-0.15, -0.1) is 0 Å². The van der Waals surface area contributed by atoms with Crippen molar-refractivity contribution in [2.45, 2.75) is 25.8 Å². The van der Waals surface area contributed by atoms with Crippen molar-refractivity contribution in [2.75, 3.05) is 37.0 Å². The van der Waals surface area contributed by atoms with Crippen molar-refractivity contribution >= 4 is 26.4 Å². The lowest BCUT2D eigenvalue weighted by Crippen LogP contribution is -2.41. The lowest BCUT2D eigenvalue weighted by Gasteiger charge is -2.32. The summed E-state index contributed by atoms with van der Waals surface area (Å²) >= 11 is 0. The van der Waals surface area contributed by atoms with Crippen LogP contribution in [0.25, 0.3) is 10.9 Å². The monoisotopic (exact) mass is 347 g/mol. The van der Waals surface area contributed by atoms with Crippen LogP contribution in [0.3, 0.4) is 0 Å². The summed E-state index contributed by atoms with van der Waals surface area (Å²) < 4.78 is 22.6. The number of rotatable bonds is 5. The predicted molar refractivity (Wildman–Crippen MR) is 99.3 cm³/mol. The first-order chi connectivity index (χ1) is 11.4. The molecule has 1 aromatic heterocycles. The van der Waals surface area contributed by atoms with Crippen LogP contribution >= 0.6 is 0 Å². The first kappa shape index (κ1) is 17.2. The van der Waals surface area contributed by atoms with Crippen LogP contribution in [0.15, 0.2) is 30.5 Å². The highest BCUT2D eigenvalue weighted by molar-refractivity contribution is 7.90. The molecular formula is C18H25N3O2S. The molecule has 0 saturated carbocycles. The third kappa shape index (κ3) is 4.24. The number of anilines is 1. The SMILES string of the molecule is Cc1cccc2c(NC3CCN(CCS(C)(=O)=O)CC3)ccnc12. The fourth-order valence-electron chi connectivity index (χ4n) is 3.27. The van der Waals surface area contributed by atoms with Gasteiger partial charge in [-0.05, 0) is 31.4 Å². The van der Waals surface area contributed by atoms with E-state index in [1.807, 2.05) is 12.3 Å². The fraction of sp³-hybridized carbons (Fsp3) is 0.500. The van der Waals surface area contributed by atoms with Crippen molar-refractivity contribution in [1.29, 1.82) is 0 Å². The van der Waals surface area contributed by atoms with Crippen molar-refractivity contribution in [3.63, 3.8) is 0 Å².